The number of amides is 1. The number of aliphatic imine (C=N–C) groups is 1. The number of hydrogen-bond acceptors (Lipinski definition) is 3. The molecule has 2 unspecified atom stereocenters. The molecule has 2 N–H and O–H groups in total. The summed E-state index contributed by atoms with van der Waals surface area (Å²) in [6.07, 6.45) is 3.15. The highest BCUT2D eigenvalue weighted by Gasteiger charge is 2.56. The van der Waals surface area contributed by atoms with Crippen molar-refractivity contribution in [1.29, 1.82) is 0 Å². The van der Waals surface area contributed by atoms with Crippen molar-refractivity contribution in [2.75, 3.05) is 32.0 Å². The molecule has 0 spiro atoms. The van der Waals surface area contributed by atoms with E-state index in [2.05, 4.69) is 62.1 Å². The Morgan fingerprint density at radius 1 is 1.02 bits per heavy atom. The molecule has 4 fully saturated rings. The standard InChI is InChI=1S/C33H45Cl2N5O/c1-20-18-40(19-21(2)39(20)6)32(38-30-16-25-15-28(22(30)3)33(25,4)5)37-27-11-8-24(9-12-27)31(41)36-14-13-23-7-10-26(34)17-29(23)35/h7-12,17,20-22,25,28,30H,13-16,18-19H2,1-6H3,(H,36,41)(H,37,38)/t20?,21?,22-,25+,28-,30-/m0/s1. The monoisotopic (exact) mass is 597 g/mol. The van der Waals surface area contributed by atoms with Gasteiger partial charge in [-0.15, -0.1) is 0 Å². The van der Waals surface area contributed by atoms with Gasteiger partial charge in [-0.05, 0) is 105 Å². The lowest BCUT2D eigenvalue weighted by molar-refractivity contribution is -0.108. The third kappa shape index (κ3) is 6.40. The van der Waals surface area contributed by atoms with E-state index in [1.165, 1.54) is 6.42 Å². The fraction of sp³-hybridized carbons (Fsp3) is 0.576. The molecular formula is C33H45Cl2N5O. The molecule has 3 saturated carbocycles. The Balaban J connectivity index is 1.26. The number of guanidine groups is 1. The third-order valence-corrected chi connectivity index (χ3v) is 10.9. The van der Waals surface area contributed by atoms with E-state index in [-0.39, 0.29) is 5.91 Å². The average molecular weight is 599 g/mol. The maximum absolute atomic E-state index is 12.8. The number of nitrogens with zero attached hydrogens (tertiary/aromatic N) is 3. The molecule has 1 saturated heterocycles. The molecule has 6 nitrogen and oxygen atoms in total. The van der Waals surface area contributed by atoms with Crippen molar-refractivity contribution in [3.63, 3.8) is 0 Å². The van der Waals surface area contributed by atoms with Gasteiger partial charge >= 0.3 is 0 Å². The van der Waals surface area contributed by atoms with E-state index in [0.29, 0.717) is 58.0 Å². The molecule has 6 rings (SSSR count). The van der Waals surface area contributed by atoms with Crippen molar-refractivity contribution in [1.82, 2.24) is 15.1 Å². The lowest BCUT2D eigenvalue weighted by Crippen LogP contribution is -2.59. The van der Waals surface area contributed by atoms with Crippen molar-refractivity contribution in [2.45, 2.75) is 72.0 Å². The van der Waals surface area contributed by atoms with Crippen LogP contribution in [0.3, 0.4) is 0 Å². The van der Waals surface area contributed by atoms with Crippen molar-refractivity contribution in [3.8, 4) is 0 Å². The molecule has 3 aliphatic carbocycles. The molecule has 1 amide bonds. The van der Waals surface area contributed by atoms with Gasteiger partial charge in [-0.1, -0.05) is 50.0 Å². The first-order valence-corrected chi connectivity index (χ1v) is 15.8. The summed E-state index contributed by atoms with van der Waals surface area (Å²) in [6, 6.07) is 14.4. The summed E-state index contributed by atoms with van der Waals surface area (Å²) >= 11 is 12.3. The Bertz CT molecular complexity index is 1270. The van der Waals surface area contributed by atoms with Crippen LogP contribution < -0.4 is 10.6 Å². The first-order chi connectivity index (χ1) is 19.4. The Hall–Kier alpha value is -2.28. The number of benzene rings is 2. The number of likely N-dealkylation sites (N-methyl/N-ethyl adjacent to an activating group) is 1. The summed E-state index contributed by atoms with van der Waals surface area (Å²) < 4.78 is 0. The Labute approximate surface area is 255 Å². The van der Waals surface area contributed by atoms with Crippen molar-refractivity contribution < 1.29 is 4.79 Å². The summed E-state index contributed by atoms with van der Waals surface area (Å²) in [4.78, 5) is 23.1. The molecule has 2 aromatic rings. The van der Waals surface area contributed by atoms with Gasteiger partial charge < -0.3 is 15.5 Å². The molecule has 0 radical (unpaired) electrons. The number of halogens is 2. The van der Waals surface area contributed by atoms with Gasteiger partial charge in [-0.25, -0.2) is 4.99 Å². The second kappa shape index (κ2) is 12.1. The van der Waals surface area contributed by atoms with Gasteiger partial charge in [0.2, 0.25) is 0 Å². The highest BCUT2D eigenvalue weighted by atomic mass is 35.5. The van der Waals surface area contributed by atoms with Crippen LogP contribution in [0.15, 0.2) is 47.5 Å². The second-order valence-electron chi connectivity index (χ2n) is 13.2. The third-order valence-electron chi connectivity index (χ3n) is 10.4. The van der Waals surface area contributed by atoms with Gasteiger partial charge in [-0.3, -0.25) is 9.69 Å². The largest absolute Gasteiger partial charge is 0.352 e. The number of fused-ring (bicyclic) bond motifs is 2. The summed E-state index contributed by atoms with van der Waals surface area (Å²) in [7, 11) is 2.21. The average Bonchev–Trinajstić information content (AvgIpc) is 2.93. The lowest BCUT2D eigenvalue weighted by atomic mass is 9.45. The quantitative estimate of drug-likeness (QED) is 0.283. The minimum Gasteiger partial charge on any atom is -0.352 e. The van der Waals surface area contributed by atoms with Crippen LogP contribution in [0.4, 0.5) is 5.69 Å². The molecular weight excluding hydrogens is 553 g/mol. The minimum atomic E-state index is -0.102. The van der Waals surface area contributed by atoms with E-state index in [0.717, 1.165) is 48.6 Å². The molecule has 222 valence electrons. The fourth-order valence-electron chi connectivity index (χ4n) is 7.19. The number of anilines is 1. The number of nitrogens with one attached hydrogen (secondary N) is 2. The minimum absolute atomic E-state index is 0.102. The summed E-state index contributed by atoms with van der Waals surface area (Å²) in [5, 5.41) is 7.89. The van der Waals surface area contributed by atoms with Gasteiger partial charge in [0.05, 0.1) is 6.04 Å². The first-order valence-electron chi connectivity index (χ1n) is 15.1. The van der Waals surface area contributed by atoms with Gasteiger partial charge in [0, 0.05) is 53.0 Å². The maximum Gasteiger partial charge on any atom is 0.251 e. The topological polar surface area (TPSA) is 60.0 Å². The first kappa shape index (κ1) is 30.2. The van der Waals surface area contributed by atoms with Crippen LogP contribution in [0.2, 0.25) is 10.0 Å². The smallest absolute Gasteiger partial charge is 0.251 e. The van der Waals surface area contributed by atoms with Crippen LogP contribution in [0, 0.1) is 23.2 Å². The summed E-state index contributed by atoms with van der Waals surface area (Å²) in [5.41, 5.74) is 2.97. The van der Waals surface area contributed by atoms with Gasteiger partial charge in [0.1, 0.15) is 0 Å². The maximum atomic E-state index is 12.8. The van der Waals surface area contributed by atoms with E-state index in [4.69, 9.17) is 28.2 Å². The SMILES string of the molecule is CC1CN(/C(=N/[C@H]2C[C@H]3C[C@@H]([C@@H]2C)C3(C)C)Nc2ccc(C(=O)NCCc3ccc(Cl)cc3Cl)cc2)CC(C)N1C. The van der Waals surface area contributed by atoms with E-state index in [9.17, 15) is 4.79 Å². The summed E-state index contributed by atoms with van der Waals surface area (Å²) in [5.74, 6) is 2.94. The molecule has 4 aliphatic rings. The molecule has 41 heavy (non-hydrogen) atoms. The van der Waals surface area contributed by atoms with Crippen molar-refractivity contribution in [3.05, 3.63) is 63.6 Å². The molecule has 1 heterocycles. The van der Waals surface area contributed by atoms with Crippen LogP contribution in [0.1, 0.15) is 63.4 Å². The van der Waals surface area contributed by atoms with Crippen LogP contribution in [0.5, 0.6) is 0 Å². The summed E-state index contributed by atoms with van der Waals surface area (Å²) in [6.45, 7) is 14.2. The van der Waals surface area contributed by atoms with E-state index in [1.807, 2.05) is 36.4 Å². The fourth-order valence-corrected chi connectivity index (χ4v) is 7.69. The number of piperazine rings is 1. The predicted molar refractivity (Wildman–Crippen MR) is 171 cm³/mol. The van der Waals surface area contributed by atoms with Gasteiger partial charge in [-0.2, -0.15) is 0 Å². The van der Waals surface area contributed by atoms with Crippen LogP contribution >= 0.6 is 23.2 Å². The molecule has 0 aromatic heterocycles. The molecule has 8 heteroatoms. The predicted octanol–water partition coefficient (Wildman–Crippen LogP) is 6.83. The number of rotatable bonds is 6. The van der Waals surface area contributed by atoms with Gasteiger partial charge in [0.15, 0.2) is 5.96 Å². The normalized spacial score (nSPS) is 29.6. The van der Waals surface area contributed by atoms with E-state index >= 15 is 0 Å². The zero-order valence-electron chi connectivity index (χ0n) is 25.3. The van der Waals surface area contributed by atoms with Crippen molar-refractivity contribution >= 4 is 40.8 Å². The highest BCUT2D eigenvalue weighted by molar-refractivity contribution is 6.35. The number of carbonyl (C=O) groups is 1. The number of carbonyl (C=O) groups excluding carboxylic acids is 1. The van der Waals surface area contributed by atoms with Crippen LogP contribution in [-0.4, -0.2) is 66.5 Å². The Kier molecular flexibility index (Phi) is 8.94. The Morgan fingerprint density at radius 3 is 2.32 bits per heavy atom. The Morgan fingerprint density at radius 2 is 1.71 bits per heavy atom. The molecule has 2 bridgehead atoms. The molecule has 1 aliphatic heterocycles. The highest BCUT2D eigenvalue weighted by Crippen LogP contribution is 2.61. The van der Waals surface area contributed by atoms with Gasteiger partial charge in [0.25, 0.3) is 5.91 Å². The van der Waals surface area contributed by atoms with Crippen molar-refractivity contribution in [2.24, 2.45) is 28.2 Å². The zero-order valence-corrected chi connectivity index (χ0v) is 26.8. The molecule has 6 atom stereocenters. The second-order valence-corrected chi connectivity index (χ2v) is 14.0. The van der Waals surface area contributed by atoms with Crippen LogP contribution in [-0.2, 0) is 6.42 Å². The lowest BCUT2D eigenvalue weighted by Gasteiger charge is -2.61. The molecule has 2 aromatic carbocycles. The van der Waals surface area contributed by atoms with Crippen LogP contribution in [0.25, 0.3) is 0 Å². The number of hydrogen-bond donors (Lipinski definition) is 2. The van der Waals surface area contributed by atoms with E-state index < -0.39 is 0 Å². The zero-order chi connectivity index (χ0) is 29.5. The van der Waals surface area contributed by atoms with E-state index in [1.54, 1.807) is 6.07 Å².